The summed E-state index contributed by atoms with van der Waals surface area (Å²) in [6.07, 6.45) is 2.91. The number of carboxylic acids is 1. The average molecular weight is 514 g/mol. The molecule has 1 N–H and O–H groups in total. The molecule has 1 aliphatic heterocycles. The van der Waals surface area contributed by atoms with Crippen LogP contribution in [0.3, 0.4) is 0 Å². The van der Waals surface area contributed by atoms with Crippen LogP contribution >= 0.6 is 0 Å². The van der Waals surface area contributed by atoms with E-state index >= 15 is 0 Å². The van der Waals surface area contributed by atoms with Gasteiger partial charge in [0.05, 0.1) is 0 Å². The number of carboxylic acid groups (broad SMARTS) is 1. The maximum atomic E-state index is 11.5. The molecule has 2 aliphatic rings. The van der Waals surface area contributed by atoms with Crippen molar-refractivity contribution in [1.82, 2.24) is 0 Å². The van der Waals surface area contributed by atoms with Crippen LogP contribution in [0.1, 0.15) is 67.3 Å². The van der Waals surface area contributed by atoms with E-state index < -0.39 is 5.97 Å². The highest BCUT2D eigenvalue weighted by Gasteiger charge is 2.36. The third kappa shape index (κ3) is 4.68. The van der Waals surface area contributed by atoms with Crippen molar-refractivity contribution in [2.75, 3.05) is 11.9 Å². The number of aliphatic carboxylic acids is 1. The number of allylic oxidation sites excluding steroid dienone is 5. The van der Waals surface area contributed by atoms with Crippen molar-refractivity contribution in [2.24, 2.45) is 0 Å². The molecule has 0 radical (unpaired) electrons. The topological polar surface area (TPSA) is 136 Å². The van der Waals surface area contributed by atoms with Crippen molar-refractivity contribution in [1.29, 1.82) is 21.0 Å². The molecule has 0 saturated carbocycles. The molecule has 39 heavy (non-hydrogen) atoms. The number of nitriles is 4. The molecule has 0 fully saturated rings. The molecule has 1 heterocycles. The Hall–Kier alpha value is -5.11. The van der Waals surface area contributed by atoms with Crippen LogP contribution in [0, 0.1) is 45.3 Å². The van der Waals surface area contributed by atoms with Gasteiger partial charge in [0.1, 0.15) is 35.4 Å². The van der Waals surface area contributed by atoms with Gasteiger partial charge in [-0.05, 0) is 84.2 Å². The molecule has 4 rings (SSSR count). The summed E-state index contributed by atoms with van der Waals surface area (Å²) in [6.45, 7) is 6.52. The van der Waals surface area contributed by atoms with Gasteiger partial charge < -0.3 is 10.0 Å². The lowest BCUT2D eigenvalue weighted by atomic mass is 9.78. The van der Waals surface area contributed by atoms with Crippen LogP contribution in [-0.2, 0) is 11.2 Å². The van der Waals surface area contributed by atoms with E-state index in [9.17, 15) is 30.9 Å². The van der Waals surface area contributed by atoms with Crippen molar-refractivity contribution in [3.05, 3.63) is 80.9 Å². The maximum absolute atomic E-state index is 11.5. The molecule has 7 nitrogen and oxygen atoms in total. The third-order valence-electron chi connectivity index (χ3n) is 7.75. The summed E-state index contributed by atoms with van der Waals surface area (Å²) in [7, 11) is 2.04. The van der Waals surface area contributed by atoms with Gasteiger partial charge in [-0.15, -0.1) is 0 Å². The fourth-order valence-electron chi connectivity index (χ4n) is 5.71. The molecule has 1 aliphatic carbocycles. The molecule has 2 aromatic carbocycles. The van der Waals surface area contributed by atoms with E-state index in [0.29, 0.717) is 27.8 Å². The molecular formula is C32H27N5O2. The van der Waals surface area contributed by atoms with Crippen molar-refractivity contribution < 1.29 is 9.90 Å². The first-order valence-corrected chi connectivity index (χ1v) is 12.6. The van der Waals surface area contributed by atoms with Crippen molar-refractivity contribution in [3.63, 3.8) is 0 Å². The summed E-state index contributed by atoms with van der Waals surface area (Å²) >= 11 is 0. The Morgan fingerprint density at radius 2 is 1.56 bits per heavy atom. The average Bonchev–Trinajstić information content (AvgIpc) is 3.21. The number of fused-ring (bicyclic) bond motifs is 2. The van der Waals surface area contributed by atoms with Gasteiger partial charge in [-0.3, -0.25) is 4.79 Å². The van der Waals surface area contributed by atoms with Crippen LogP contribution in [0.2, 0.25) is 0 Å². The second kappa shape index (κ2) is 10.3. The smallest absolute Gasteiger partial charge is 0.303 e. The predicted octanol–water partition coefficient (Wildman–Crippen LogP) is 6.12. The summed E-state index contributed by atoms with van der Waals surface area (Å²) in [5, 5.41) is 48.8. The van der Waals surface area contributed by atoms with Crippen molar-refractivity contribution in [2.45, 2.75) is 51.5 Å². The standard InChI is InChI=1S/C32H27N5O2/c1-19-14-32(2,3)37(4)28-13-20(9-10-29(38)39)21(11-26(19)28)12-27-30(22(15-33)16-34)24-7-5-6-8-25(24)31(27)23(17-35)18-36/h5-8,11-13,19H,9-10,14H2,1-4H3,(H,38,39). The second-order valence-electron chi connectivity index (χ2n) is 10.5. The van der Waals surface area contributed by atoms with Crippen LogP contribution < -0.4 is 4.90 Å². The van der Waals surface area contributed by atoms with Gasteiger partial charge in [-0.2, -0.15) is 21.0 Å². The van der Waals surface area contributed by atoms with E-state index in [-0.39, 0.29) is 35.4 Å². The highest BCUT2D eigenvalue weighted by atomic mass is 16.4. The molecule has 1 atom stereocenters. The SMILES string of the molecule is CC1CC(C)(C)N(C)c2cc(CCC(=O)O)c(C=C3C(=C(C#N)C#N)c4ccccc4C3=C(C#N)C#N)cc21. The summed E-state index contributed by atoms with van der Waals surface area (Å²) in [5.74, 6) is -0.694. The molecule has 1 unspecified atom stereocenters. The van der Waals surface area contributed by atoms with Crippen LogP contribution in [0.5, 0.6) is 0 Å². The summed E-state index contributed by atoms with van der Waals surface area (Å²) in [4.78, 5) is 13.8. The Labute approximate surface area is 228 Å². The number of aryl methyl sites for hydroxylation is 1. The Morgan fingerprint density at radius 1 is 1.03 bits per heavy atom. The van der Waals surface area contributed by atoms with Crippen LogP contribution in [0.25, 0.3) is 17.2 Å². The zero-order chi connectivity index (χ0) is 28.5. The zero-order valence-corrected chi connectivity index (χ0v) is 22.3. The van der Waals surface area contributed by atoms with Gasteiger partial charge in [-0.25, -0.2) is 0 Å². The number of hydrogen-bond donors (Lipinski definition) is 1. The second-order valence-corrected chi connectivity index (χ2v) is 10.5. The minimum atomic E-state index is -0.921. The molecule has 0 saturated heterocycles. The first kappa shape index (κ1) is 26.9. The number of carbonyl (C=O) groups is 1. The quantitative estimate of drug-likeness (QED) is 0.486. The fraction of sp³-hybridized carbons (Fsp3) is 0.281. The van der Waals surface area contributed by atoms with Gasteiger partial charge in [0.25, 0.3) is 0 Å². The molecule has 192 valence electrons. The lowest BCUT2D eigenvalue weighted by Crippen LogP contribution is -2.45. The maximum Gasteiger partial charge on any atom is 0.303 e. The van der Waals surface area contributed by atoms with Gasteiger partial charge in [0.2, 0.25) is 0 Å². The Morgan fingerprint density at radius 3 is 2.05 bits per heavy atom. The predicted molar refractivity (Wildman–Crippen MR) is 149 cm³/mol. The molecule has 0 amide bonds. The van der Waals surface area contributed by atoms with E-state index in [1.54, 1.807) is 30.3 Å². The Balaban J connectivity index is 2.10. The molecule has 2 aromatic rings. The number of rotatable bonds is 4. The number of nitrogens with zero attached hydrogens (tertiary/aromatic N) is 5. The summed E-state index contributed by atoms with van der Waals surface area (Å²) in [5.41, 5.74) is 5.68. The highest BCUT2D eigenvalue weighted by Crippen LogP contribution is 2.50. The van der Waals surface area contributed by atoms with Crippen LogP contribution in [-0.4, -0.2) is 23.7 Å². The van der Waals surface area contributed by atoms with Crippen molar-refractivity contribution >= 4 is 28.9 Å². The normalized spacial score (nSPS) is 16.7. The molecule has 7 heteroatoms. The number of anilines is 1. The summed E-state index contributed by atoms with van der Waals surface area (Å²) < 4.78 is 0. The minimum Gasteiger partial charge on any atom is -0.481 e. The van der Waals surface area contributed by atoms with E-state index in [1.807, 2.05) is 43.5 Å². The Kier molecular flexibility index (Phi) is 7.14. The Bertz CT molecular complexity index is 1560. The van der Waals surface area contributed by atoms with E-state index in [4.69, 9.17) is 0 Å². The molecule has 0 spiro atoms. The highest BCUT2D eigenvalue weighted by molar-refractivity contribution is 6.15. The van der Waals surface area contributed by atoms with E-state index in [2.05, 4.69) is 25.7 Å². The molecule has 0 bridgehead atoms. The molecule has 0 aromatic heterocycles. The van der Waals surface area contributed by atoms with Crippen LogP contribution in [0.4, 0.5) is 5.69 Å². The van der Waals surface area contributed by atoms with Gasteiger partial charge in [0, 0.05) is 35.8 Å². The first-order chi connectivity index (χ1) is 18.6. The van der Waals surface area contributed by atoms with Crippen molar-refractivity contribution in [3.8, 4) is 24.3 Å². The van der Waals surface area contributed by atoms with Gasteiger partial charge in [-0.1, -0.05) is 31.2 Å². The lowest BCUT2D eigenvalue weighted by molar-refractivity contribution is -0.136. The van der Waals surface area contributed by atoms with Gasteiger partial charge in [0.15, 0.2) is 0 Å². The zero-order valence-electron chi connectivity index (χ0n) is 22.3. The van der Waals surface area contributed by atoms with Crippen LogP contribution in [0.15, 0.2) is 53.1 Å². The third-order valence-corrected chi connectivity index (χ3v) is 7.75. The monoisotopic (exact) mass is 513 g/mol. The minimum absolute atomic E-state index is 0.0769. The van der Waals surface area contributed by atoms with Gasteiger partial charge >= 0.3 is 5.97 Å². The van der Waals surface area contributed by atoms with E-state index in [1.165, 1.54) is 0 Å². The fourth-order valence-corrected chi connectivity index (χ4v) is 5.71. The molecular weight excluding hydrogens is 486 g/mol. The first-order valence-electron chi connectivity index (χ1n) is 12.6. The number of benzene rings is 2. The largest absolute Gasteiger partial charge is 0.481 e. The number of hydrogen-bond acceptors (Lipinski definition) is 6. The summed E-state index contributed by atoms with van der Waals surface area (Å²) in [6, 6.07) is 19.1. The lowest BCUT2D eigenvalue weighted by Gasteiger charge is -2.45. The van der Waals surface area contributed by atoms with E-state index in [0.717, 1.165) is 28.8 Å².